The summed E-state index contributed by atoms with van der Waals surface area (Å²) in [4.78, 5) is 14.7. The Morgan fingerprint density at radius 3 is 2.58 bits per heavy atom. The molecule has 1 amide bonds. The monoisotopic (exact) mass is 276 g/mol. The maximum atomic E-state index is 12.4. The number of carbonyl (C=O) groups is 1. The number of hydrogen-bond donors (Lipinski definition) is 1. The number of nitrogens with one attached hydrogen (secondary N) is 1. The molecule has 1 saturated carbocycles. The van der Waals surface area contributed by atoms with E-state index in [4.69, 9.17) is 0 Å². The van der Waals surface area contributed by atoms with Crippen LogP contribution in [0.25, 0.3) is 0 Å². The van der Waals surface area contributed by atoms with Crippen LogP contribution < -0.4 is 5.32 Å². The summed E-state index contributed by atoms with van der Waals surface area (Å²) in [5.41, 5.74) is -0.789. The number of nitriles is 1. The molecule has 0 aliphatic heterocycles. The summed E-state index contributed by atoms with van der Waals surface area (Å²) in [6.45, 7) is 2.60. The van der Waals surface area contributed by atoms with Crippen LogP contribution in [-0.4, -0.2) is 5.91 Å². The van der Waals surface area contributed by atoms with Gasteiger partial charge in [0.1, 0.15) is 5.41 Å². The fourth-order valence-corrected chi connectivity index (χ4v) is 3.47. The minimum atomic E-state index is -0.789. The Bertz CT molecular complexity index is 479. The van der Waals surface area contributed by atoms with Gasteiger partial charge in [-0.2, -0.15) is 5.26 Å². The van der Waals surface area contributed by atoms with E-state index in [1.165, 1.54) is 4.88 Å². The van der Waals surface area contributed by atoms with Crippen LogP contribution in [0.5, 0.6) is 0 Å². The molecule has 1 fully saturated rings. The van der Waals surface area contributed by atoms with Crippen LogP contribution >= 0.6 is 11.3 Å². The molecule has 19 heavy (non-hydrogen) atoms. The predicted molar refractivity (Wildman–Crippen MR) is 76.7 cm³/mol. The average Bonchev–Trinajstić information content (AvgIpc) is 2.69. The predicted octanol–water partition coefficient (Wildman–Crippen LogP) is 3.54. The third-order valence-electron chi connectivity index (χ3n) is 3.82. The fourth-order valence-electron chi connectivity index (χ4n) is 2.64. The molecular formula is C15H20N2OS. The van der Waals surface area contributed by atoms with Gasteiger partial charge < -0.3 is 5.32 Å². The molecule has 0 radical (unpaired) electrons. The standard InChI is InChI=1S/C15H20N2OS/c1-12-6-7-13(19-12)10-17-14(18)15(11-16)8-4-2-3-5-9-15/h6-7H,2-5,8-10H2,1H3,(H,17,18). The molecule has 3 nitrogen and oxygen atoms in total. The highest BCUT2D eigenvalue weighted by molar-refractivity contribution is 7.11. The lowest BCUT2D eigenvalue weighted by atomic mass is 9.81. The van der Waals surface area contributed by atoms with Gasteiger partial charge in [0, 0.05) is 9.75 Å². The molecular weight excluding hydrogens is 256 g/mol. The zero-order valence-corrected chi connectivity index (χ0v) is 12.2. The molecule has 0 bridgehead atoms. The van der Waals surface area contributed by atoms with Crippen molar-refractivity contribution >= 4 is 17.2 Å². The second-order valence-electron chi connectivity index (χ2n) is 5.30. The number of rotatable bonds is 3. The Balaban J connectivity index is 1.98. The number of amides is 1. The normalized spacial score (nSPS) is 18.3. The van der Waals surface area contributed by atoms with Crippen molar-refractivity contribution in [2.24, 2.45) is 5.41 Å². The zero-order chi connectivity index (χ0) is 13.7. The van der Waals surface area contributed by atoms with E-state index in [2.05, 4.69) is 24.4 Å². The summed E-state index contributed by atoms with van der Waals surface area (Å²) in [7, 11) is 0. The second-order valence-corrected chi connectivity index (χ2v) is 6.68. The molecule has 2 rings (SSSR count). The lowest BCUT2D eigenvalue weighted by molar-refractivity contribution is -0.128. The van der Waals surface area contributed by atoms with E-state index in [9.17, 15) is 10.1 Å². The highest BCUT2D eigenvalue weighted by Crippen LogP contribution is 2.34. The van der Waals surface area contributed by atoms with E-state index < -0.39 is 5.41 Å². The van der Waals surface area contributed by atoms with Gasteiger partial charge in [-0.25, -0.2) is 0 Å². The van der Waals surface area contributed by atoms with Gasteiger partial charge in [0.05, 0.1) is 12.6 Å². The third kappa shape index (κ3) is 3.36. The van der Waals surface area contributed by atoms with Gasteiger partial charge >= 0.3 is 0 Å². The summed E-state index contributed by atoms with van der Waals surface area (Å²) in [6, 6.07) is 6.38. The van der Waals surface area contributed by atoms with E-state index in [-0.39, 0.29) is 5.91 Å². The van der Waals surface area contributed by atoms with Crippen LogP contribution in [0, 0.1) is 23.7 Å². The molecule has 0 aromatic carbocycles. The Labute approximate surface area is 118 Å². The van der Waals surface area contributed by atoms with Gasteiger partial charge in [0.25, 0.3) is 0 Å². The topological polar surface area (TPSA) is 52.9 Å². The SMILES string of the molecule is Cc1ccc(CNC(=O)C2(C#N)CCCCCC2)s1. The first-order chi connectivity index (χ1) is 9.16. The molecule has 1 aromatic heterocycles. The van der Waals surface area contributed by atoms with Crippen LogP contribution in [0.15, 0.2) is 12.1 Å². The van der Waals surface area contributed by atoms with Crippen molar-refractivity contribution in [1.82, 2.24) is 5.32 Å². The van der Waals surface area contributed by atoms with Gasteiger partial charge in [0.2, 0.25) is 5.91 Å². The van der Waals surface area contributed by atoms with Crippen LogP contribution in [0.2, 0.25) is 0 Å². The molecule has 1 aliphatic rings. The first kappa shape index (κ1) is 14.1. The quantitative estimate of drug-likeness (QED) is 0.858. The number of aryl methyl sites for hydroxylation is 1. The maximum Gasteiger partial charge on any atom is 0.240 e. The molecule has 102 valence electrons. The Hall–Kier alpha value is -1.34. The van der Waals surface area contributed by atoms with Gasteiger partial charge in [-0.15, -0.1) is 11.3 Å². The summed E-state index contributed by atoms with van der Waals surface area (Å²) in [5, 5.41) is 12.4. The fraction of sp³-hybridized carbons (Fsp3) is 0.600. The molecule has 1 heterocycles. The molecule has 0 unspecified atom stereocenters. The van der Waals surface area contributed by atoms with Crippen LogP contribution in [0.3, 0.4) is 0 Å². The molecule has 1 aromatic rings. The molecule has 4 heteroatoms. The minimum Gasteiger partial charge on any atom is -0.350 e. The number of carbonyl (C=O) groups excluding carboxylic acids is 1. The highest BCUT2D eigenvalue weighted by Gasteiger charge is 2.38. The lowest BCUT2D eigenvalue weighted by Crippen LogP contribution is -2.39. The first-order valence-corrected chi connectivity index (χ1v) is 7.73. The van der Waals surface area contributed by atoms with E-state index in [0.29, 0.717) is 19.4 Å². The summed E-state index contributed by atoms with van der Waals surface area (Å²) >= 11 is 1.69. The summed E-state index contributed by atoms with van der Waals surface area (Å²) in [6.07, 6.45) is 5.66. The van der Waals surface area contributed by atoms with Crippen molar-refractivity contribution in [2.45, 2.75) is 52.0 Å². The van der Waals surface area contributed by atoms with Gasteiger partial charge in [0.15, 0.2) is 0 Å². The summed E-state index contributed by atoms with van der Waals surface area (Å²) < 4.78 is 0. The Morgan fingerprint density at radius 2 is 2.05 bits per heavy atom. The van der Waals surface area contributed by atoms with E-state index in [0.717, 1.165) is 30.6 Å². The van der Waals surface area contributed by atoms with Gasteiger partial charge in [-0.3, -0.25) is 4.79 Å². The van der Waals surface area contributed by atoms with E-state index in [1.807, 2.05) is 6.07 Å². The van der Waals surface area contributed by atoms with Crippen molar-refractivity contribution in [1.29, 1.82) is 5.26 Å². The molecule has 0 saturated heterocycles. The van der Waals surface area contributed by atoms with Crippen LogP contribution in [0.4, 0.5) is 0 Å². The van der Waals surface area contributed by atoms with Gasteiger partial charge in [-0.1, -0.05) is 25.7 Å². The van der Waals surface area contributed by atoms with Crippen molar-refractivity contribution in [3.8, 4) is 6.07 Å². The third-order valence-corrected chi connectivity index (χ3v) is 4.83. The molecule has 0 atom stereocenters. The summed E-state index contributed by atoms with van der Waals surface area (Å²) in [5.74, 6) is -0.0806. The van der Waals surface area contributed by atoms with Gasteiger partial charge in [-0.05, 0) is 31.9 Å². The maximum absolute atomic E-state index is 12.4. The lowest BCUT2D eigenvalue weighted by Gasteiger charge is -2.23. The minimum absolute atomic E-state index is 0.0806. The second kappa shape index (κ2) is 6.21. The van der Waals surface area contributed by atoms with Crippen molar-refractivity contribution < 1.29 is 4.79 Å². The molecule has 1 N–H and O–H groups in total. The number of thiophene rings is 1. The smallest absolute Gasteiger partial charge is 0.240 e. The number of nitrogens with zero attached hydrogens (tertiary/aromatic N) is 1. The van der Waals surface area contributed by atoms with Crippen molar-refractivity contribution in [2.75, 3.05) is 0 Å². The van der Waals surface area contributed by atoms with Crippen molar-refractivity contribution in [3.05, 3.63) is 21.9 Å². The van der Waals surface area contributed by atoms with E-state index in [1.54, 1.807) is 11.3 Å². The van der Waals surface area contributed by atoms with E-state index >= 15 is 0 Å². The number of hydrogen-bond acceptors (Lipinski definition) is 3. The largest absolute Gasteiger partial charge is 0.350 e. The Kier molecular flexibility index (Phi) is 4.60. The molecule has 0 spiro atoms. The molecule has 1 aliphatic carbocycles. The Morgan fingerprint density at radius 1 is 1.37 bits per heavy atom. The average molecular weight is 276 g/mol. The van der Waals surface area contributed by atoms with Crippen LogP contribution in [-0.2, 0) is 11.3 Å². The highest BCUT2D eigenvalue weighted by atomic mass is 32.1. The zero-order valence-electron chi connectivity index (χ0n) is 11.4. The first-order valence-electron chi connectivity index (χ1n) is 6.91. The van der Waals surface area contributed by atoms with Crippen molar-refractivity contribution in [3.63, 3.8) is 0 Å². The van der Waals surface area contributed by atoms with Crippen LogP contribution in [0.1, 0.15) is 48.3 Å².